The second-order valence-electron chi connectivity index (χ2n) is 7.17. The van der Waals surface area contributed by atoms with Crippen molar-refractivity contribution in [1.82, 2.24) is 9.55 Å². The molecule has 3 heteroatoms. The van der Waals surface area contributed by atoms with Crippen LogP contribution in [0.4, 0.5) is 5.69 Å². The van der Waals surface area contributed by atoms with Gasteiger partial charge in [0.25, 0.3) is 0 Å². The van der Waals surface area contributed by atoms with Crippen LogP contribution in [0.5, 0.6) is 0 Å². The normalized spacial score (nSPS) is 22.0. The Hall–Kier alpha value is -0.900. The van der Waals surface area contributed by atoms with Crippen LogP contribution >= 0.6 is 0 Å². The minimum Gasteiger partial charge on any atom is -0.312 e. The molecular weight excluding hydrogens is 224 g/mol. The van der Waals surface area contributed by atoms with Crippen LogP contribution in [0, 0.1) is 0 Å². The SMILES string of the molecule is CC1(C)c2ccc([N+](C)(C)C)cc2C(C)(C)N1O. The standard InChI is InChI=1S/C15H25N2O/c1-14(2)12-9-8-11(17(5,6)7)10-13(12)15(3,4)16(14)18/h8-10,18H,1-7H3/q+1. The monoisotopic (exact) mass is 249 g/mol. The van der Waals surface area contributed by atoms with Crippen molar-refractivity contribution in [2.24, 2.45) is 0 Å². The van der Waals surface area contributed by atoms with Gasteiger partial charge in [-0.1, -0.05) is 6.07 Å². The Balaban J connectivity index is 2.66. The van der Waals surface area contributed by atoms with E-state index in [-0.39, 0.29) is 11.1 Å². The Morgan fingerprint density at radius 3 is 1.94 bits per heavy atom. The summed E-state index contributed by atoms with van der Waals surface area (Å²) in [7, 11) is 6.47. The second-order valence-corrected chi connectivity index (χ2v) is 7.17. The van der Waals surface area contributed by atoms with Crippen molar-refractivity contribution in [2.75, 3.05) is 21.1 Å². The molecule has 0 radical (unpaired) electrons. The maximum absolute atomic E-state index is 10.4. The molecule has 0 saturated heterocycles. The van der Waals surface area contributed by atoms with Crippen LogP contribution in [0.2, 0.25) is 0 Å². The molecule has 1 aliphatic heterocycles. The molecule has 0 aromatic heterocycles. The average Bonchev–Trinajstić information content (AvgIpc) is 2.37. The first kappa shape index (κ1) is 13.5. The number of hydrogen-bond donors (Lipinski definition) is 1. The zero-order valence-corrected chi connectivity index (χ0v) is 12.6. The molecule has 0 atom stereocenters. The van der Waals surface area contributed by atoms with Crippen LogP contribution in [0.3, 0.4) is 0 Å². The molecule has 0 unspecified atom stereocenters. The fraction of sp³-hybridized carbons (Fsp3) is 0.600. The molecule has 1 N–H and O–H groups in total. The Morgan fingerprint density at radius 1 is 0.944 bits per heavy atom. The number of nitrogens with zero attached hydrogens (tertiary/aromatic N) is 2. The molecule has 0 saturated carbocycles. The molecule has 0 bridgehead atoms. The summed E-state index contributed by atoms with van der Waals surface area (Å²) >= 11 is 0. The average molecular weight is 249 g/mol. The Labute approximate surface area is 110 Å². The van der Waals surface area contributed by atoms with Crippen LogP contribution in [0.15, 0.2) is 18.2 Å². The van der Waals surface area contributed by atoms with Gasteiger partial charge in [-0.15, -0.1) is 0 Å². The third-order valence-corrected chi connectivity index (χ3v) is 4.16. The number of benzene rings is 1. The smallest absolute Gasteiger partial charge is 0.132 e. The van der Waals surface area contributed by atoms with E-state index >= 15 is 0 Å². The predicted octanol–water partition coefficient (Wildman–Crippen LogP) is 3.06. The van der Waals surface area contributed by atoms with Gasteiger partial charge < -0.3 is 5.21 Å². The number of quaternary nitrogens is 1. The molecular formula is C15H25N2O+. The van der Waals surface area contributed by atoms with Crippen LogP contribution in [-0.4, -0.2) is 31.4 Å². The highest BCUT2D eigenvalue weighted by Gasteiger charge is 2.49. The van der Waals surface area contributed by atoms with Gasteiger partial charge in [0, 0.05) is 6.07 Å². The molecule has 0 amide bonds. The van der Waals surface area contributed by atoms with E-state index in [1.165, 1.54) is 21.9 Å². The molecule has 2 rings (SSSR count). The van der Waals surface area contributed by atoms with Crippen molar-refractivity contribution >= 4 is 5.69 Å². The lowest BCUT2D eigenvalue weighted by Crippen LogP contribution is -2.42. The largest absolute Gasteiger partial charge is 0.312 e. The molecule has 18 heavy (non-hydrogen) atoms. The molecule has 0 aliphatic carbocycles. The maximum Gasteiger partial charge on any atom is 0.132 e. The first-order valence-electron chi connectivity index (χ1n) is 6.45. The molecule has 100 valence electrons. The molecule has 0 spiro atoms. The van der Waals surface area contributed by atoms with E-state index in [0.29, 0.717) is 0 Å². The molecule has 3 nitrogen and oxygen atoms in total. The van der Waals surface area contributed by atoms with Crippen molar-refractivity contribution in [3.8, 4) is 0 Å². The quantitative estimate of drug-likeness (QED) is 0.773. The van der Waals surface area contributed by atoms with E-state index in [9.17, 15) is 5.21 Å². The highest BCUT2D eigenvalue weighted by Crippen LogP contribution is 2.49. The zero-order valence-electron chi connectivity index (χ0n) is 12.6. The molecule has 1 aromatic rings. The summed E-state index contributed by atoms with van der Waals surface area (Å²) < 4.78 is 0.787. The third-order valence-electron chi connectivity index (χ3n) is 4.16. The number of hydroxylamine groups is 2. The summed E-state index contributed by atoms with van der Waals surface area (Å²) in [5.74, 6) is 0. The van der Waals surface area contributed by atoms with Crippen LogP contribution < -0.4 is 4.48 Å². The topological polar surface area (TPSA) is 23.5 Å². The van der Waals surface area contributed by atoms with Crippen molar-refractivity contribution in [2.45, 2.75) is 38.8 Å². The zero-order chi connectivity index (χ0) is 13.9. The summed E-state index contributed by atoms with van der Waals surface area (Å²) in [6.45, 7) is 8.26. The van der Waals surface area contributed by atoms with Crippen molar-refractivity contribution in [3.05, 3.63) is 29.3 Å². The van der Waals surface area contributed by atoms with Crippen LogP contribution in [0.1, 0.15) is 38.8 Å². The minimum atomic E-state index is -0.343. The lowest BCUT2D eigenvalue weighted by atomic mass is 9.90. The van der Waals surface area contributed by atoms with E-state index in [1.54, 1.807) is 0 Å². The minimum absolute atomic E-state index is 0.331. The molecule has 0 fully saturated rings. The van der Waals surface area contributed by atoms with Crippen molar-refractivity contribution in [1.29, 1.82) is 0 Å². The van der Waals surface area contributed by atoms with Gasteiger partial charge in [-0.25, -0.2) is 0 Å². The first-order chi connectivity index (χ1) is 7.99. The van der Waals surface area contributed by atoms with Crippen molar-refractivity contribution in [3.63, 3.8) is 0 Å². The summed E-state index contributed by atoms with van der Waals surface area (Å²) in [5.41, 5.74) is 3.02. The van der Waals surface area contributed by atoms with E-state index in [0.717, 1.165) is 4.48 Å². The highest BCUT2D eigenvalue weighted by atomic mass is 16.5. The van der Waals surface area contributed by atoms with Crippen molar-refractivity contribution < 1.29 is 5.21 Å². The van der Waals surface area contributed by atoms with E-state index in [4.69, 9.17) is 0 Å². The van der Waals surface area contributed by atoms with Gasteiger partial charge >= 0.3 is 0 Å². The number of hydrogen-bond acceptors (Lipinski definition) is 2. The number of rotatable bonds is 1. The van der Waals surface area contributed by atoms with Gasteiger partial charge in [0.05, 0.1) is 32.2 Å². The fourth-order valence-electron chi connectivity index (χ4n) is 2.92. The van der Waals surface area contributed by atoms with E-state index in [2.05, 4.69) is 67.0 Å². The van der Waals surface area contributed by atoms with Gasteiger partial charge in [-0.2, -0.15) is 5.06 Å². The second kappa shape index (κ2) is 3.56. The summed E-state index contributed by atoms with van der Waals surface area (Å²) in [4.78, 5) is 0. The lowest BCUT2D eigenvalue weighted by Gasteiger charge is -2.34. The number of fused-ring (bicyclic) bond motifs is 1. The van der Waals surface area contributed by atoms with E-state index < -0.39 is 0 Å². The molecule has 1 heterocycles. The Morgan fingerprint density at radius 2 is 1.44 bits per heavy atom. The van der Waals surface area contributed by atoms with Gasteiger partial charge in [0.2, 0.25) is 0 Å². The highest BCUT2D eigenvalue weighted by molar-refractivity contribution is 5.53. The van der Waals surface area contributed by atoms with Gasteiger partial charge in [0.15, 0.2) is 0 Å². The van der Waals surface area contributed by atoms with Crippen LogP contribution in [-0.2, 0) is 11.1 Å². The Bertz CT molecular complexity index is 484. The summed E-state index contributed by atoms with van der Waals surface area (Å²) in [5, 5.41) is 11.9. The fourth-order valence-corrected chi connectivity index (χ4v) is 2.92. The Kier molecular flexibility index (Phi) is 2.68. The summed E-state index contributed by atoms with van der Waals surface area (Å²) in [6, 6.07) is 6.55. The first-order valence-corrected chi connectivity index (χ1v) is 6.45. The molecule has 1 aliphatic rings. The maximum atomic E-state index is 10.4. The van der Waals surface area contributed by atoms with Crippen LogP contribution in [0.25, 0.3) is 0 Å². The molecule has 1 aromatic carbocycles. The summed E-state index contributed by atoms with van der Waals surface area (Å²) in [6.07, 6.45) is 0. The predicted molar refractivity (Wildman–Crippen MR) is 75.7 cm³/mol. The third kappa shape index (κ3) is 1.69. The van der Waals surface area contributed by atoms with Gasteiger partial charge in [-0.05, 0) is 44.9 Å². The van der Waals surface area contributed by atoms with Gasteiger partial charge in [-0.3, -0.25) is 4.48 Å². The van der Waals surface area contributed by atoms with Gasteiger partial charge in [0.1, 0.15) is 5.69 Å². The lowest BCUT2D eigenvalue weighted by molar-refractivity contribution is -0.216. The van der Waals surface area contributed by atoms with E-state index in [1.807, 2.05) is 0 Å².